The highest BCUT2D eigenvalue weighted by Gasteiger charge is 2.39. The summed E-state index contributed by atoms with van der Waals surface area (Å²) in [5, 5.41) is 9.00. The van der Waals surface area contributed by atoms with Crippen LogP contribution in [-0.4, -0.2) is 23.7 Å². The van der Waals surface area contributed by atoms with E-state index >= 15 is 0 Å². The predicted octanol–water partition coefficient (Wildman–Crippen LogP) is 3.25. The van der Waals surface area contributed by atoms with Crippen LogP contribution in [0.1, 0.15) is 59.8 Å². The van der Waals surface area contributed by atoms with Crippen molar-refractivity contribution in [1.29, 1.82) is 0 Å². The van der Waals surface area contributed by atoms with Crippen LogP contribution in [0.15, 0.2) is 0 Å². The zero-order valence-electron chi connectivity index (χ0n) is 12.0. The quantitative estimate of drug-likeness (QED) is 0.645. The van der Waals surface area contributed by atoms with E-state index < -0.39 is 11.4 Å². The predicted molar refractivity (Wildman–Crippen MR) is 70.3 cm³/mol. The van der Waals surface area contributed by atoms with E-state index in [-0.39, 0.29) is 18.3 Å². The van der Waals surface area contributed by atoms with Gasteiger partial charge >= 0.3 is 11.9 Å². The van der Waals surface area contributed by atoms with Crippen molar-refractivity contribution in [3.05, 3.63) is 0 Å². The molecule has 0 saturated carbocycles. The number of carbonyl (C=O) groups is 2. The highest BCUT2D eigenvalue weighted by molar-refractivity contribution is 5.82. The first-order chi connectivity index (χ1) is 8.38. The molecule has 1 unspecified atom stereocenters. The second-order valence-electron chi connectivity index (χ2n) is 5.30. The first-order valence-corrected chi connectivity index (χ1v) is 6.77. The third-order valence-corrected chi connectivity index (χ3v) is 3.16. The minimum atomic E-state index is -0.936. The number of carboxylic acid groups (broad SMARTS) is 1. The largest absolute Gasteiger partial charge is 0.481 e. The molecule has 0 bridgehead atoms. The van der Waals surface area contributed by atoms with Gasteiger partial charge in [-0.15, -0.1) is 0 Å². The summed E-state index contributed by atoms with van der Waals surface area (Å²) in [5.74, 6) is -1.02. The summed E-state index contributed by atoms with van der Waals surface area (Å²) in [6.07, 6.45) is 2.75. The SMILES string of the molecule is CCCCC(CC)(CC(=O)O)C(=O)OCC(C)C. The molecule has 4 heteroatoms. The molecule has 106 valence electrons. The lowest BCUT2D eigenvalue weighted by atomic mass is 9.77. The Balaban J connectivity index is 4.79. The van der Waals surface area contributed by atoms with Crippen LogP contribution in [0.4, 0.5) is 0 Å². The number of rotatable bonds is 9. The zero-order valence-corrected chi connectivity index (χ0v) is 12.0. The van der Waals surface area contributed by atoms with Crippen LogP contribution in [0.5, 0.6) is 0 Å². The van der Waals surface area contributed by atoms with Gasteiger partial charge in [-0.2, -0.15) is 0 Å². The van der Waals surface area contributed by atoms with Crippen LogP contribution in [0, 0.1) is 11.3 Å². The van der Waals surface area contributed by atoms with Crippen LogP contribution in [0.2, 0.25) is 0 Å². The maximum absolute atomic E-state index is 12.2. The van der Waals surface area contributed by atoms with Gasteiger partial charge in [-0.1, -0.05) is 40.5 Å². The Labute approximate surface area is 110 Å². The molecule has 1 atom stereocenters. The fourth-order valence-corrected chi connectivity index (χ4v) is 1.91. The fourth-order valence-electron chi connectivity index (χ4n) is 1.91. The number of aliphatic carboxylic acids is 1. The number of hydrogen-bond acceptors (Lipinski definition) is 3. The van der Waals surface area contributed by atoms with E-state index in [0.717, 1.165) is 12.8 Å². The molecule has 18 heavy (non-hydrogen) atoms. The van der Waals surface area contributed by atoms with Gasteiger partial charge < -0.3 is 9.84 Å². The average molecular weight is 258 g/mol. The van der Waals surface area contributed by atoms with Gasteiger partial charge in [0.25, 0.3) is 0 Å². The third-order valence-electron chi connectivity index (χ3n) is 3.16. The molecule has 0 aromatic carbocycles. The summed E-state index contributed by atoms with van der Waals surface area (Å²) in [4.78, 5) is 23.1. The van der Waals surface area contributed by atoms with E-state index in [0.29, 0.717) is 19.4 Å². The highest BCUT2D eigenvalue weighted by atomic mass is 16.5. The van der Waals surface area contributed by atoms with Gasteiger partial charge in [-0.05, 0) is 18.8 Å². The summed E-state index contributed by atoms with van der Waals surface area (Å²) in [6, 6.07) is 0. The maximum Gasteiger partial charge on any atom is 0.312 e. The van der Waals surface area contributed by atoms with Crippen LogP contribution < -0.4 is 0 Å². The van der Waals surface area contributed by atoms with Gasteiger partial charge in [0.2, 0.25) is 0 Å². The van der Waals surface area contributed by atoms with Gasteiger partial charge in [0.05, 0.1) is 18.4 Å². The Morgan fingerprint density at radius 1 is 1.28 bits per heavy atom. The lowest BCUT2D eigenvalue weighted by Gasteiger charge is -2.29. The molecule has 0 heterocycles. The van der Waals surface area contributed by atoms with Gasteiger partial charge in [-0.3, -0.25) is 9.59 Å². The molecule has 0 aromatic heterocycles. The van der Waals surface area contributed by atoms with E-state index in [1.807, 2.05) is 27.7 Å². The van der Waals surface area contributed by atoms with Crippen molar-refractivity contribution in [3.63, 3.8) is 0 Å². The van der Waals surface area contributed by atoms with Crippen molar-refractivity contribution >= 4 is 11.9 Å². The Morgan fingerprint density at radius 2 is 1.89 bits per heavy atom. The van der Waals surface area contributed by atoms with Crippen LogP contribution in [0.3, 0.4) is 0 Å². The Hall–Kier alpha value is -1.06. The van der Waals surface area contributed by atoms with E-state index in [1.54, 1.807) is 0 Å². The summed E-state index contributed by atoms with van der Waals surface area (Å²) in [5.41, 5.74) is -0.850. The van der Waals surface area contributed by atoms with E-state index in [9.17, 15) is 9.59 Å². The summed E-state index contributed by atoms with van der Waals surface area (Å²) in [7, 11) is 0. The smallest absolute Gasteiger partial charge is 0.312 e. The number of hydrogen-bond donors (Lipinski definition) is 1. The van der Waals surface area contributed by atoms with Crippen molar-refractivity contribution in [3.8, 4) is 0 Å². The van der Waals surface area contributed by atoms with Crippen molar-refractivity contribution in [2.75, 3.05) is 6.61 Å². The molecule has 0 radical (unpaired) electrons. The van der Waals surface area contributed by atoms with Gasteiger partial charge in [0.15, 0.2) is 0 Å². The summed E-state index contributed by atoms with van der Waals surface area (Å²) >= 11 is 0. The summed E-state index contributed by atoms with van der Waals surface area (Å²) in [6.45, 7) is 8.16. The molecule has 0 rings (SSSR count). The normalized spacial score (nSPS) is 14.3. The monoisotopic (exact) mass is 258 g/mol. The van der Waals surface area contributed by atoms with Crippen molar-refractivity contribution in [2.24, 2.45) is 11.3 Å². The lowest BCUT2D eigenvalue weighted by molar-refractivity contribution is -0.163. The van der Waals surface area contributed by atoms with Gasteiger partial charge in [-0.25, -0.2) is 0 Å². The molecule has 0 amide bonds. The average Bonchev–Trinajstić information content (AvgIpc) is 2.30. The summed E-state index contributed by atoms with van der Waals surface area (Å²) < 4.78 is 5.26. The molecule has 0 fully saturated rings. The van der Waals surface area contributed by atoms with Crippen molar-refractivity contribution in [2.45, 2.75) is 59.8 Å². The molecular weight excluding hydrogens is 232 g/mol. The molecule has 0 saturated heterocycles. The third kappa shape index (κ3) is 5.52. The van der Waals surface area contributed by atoms with Crippen LogP contribution in [-0.2, 0) is 14.3 Å². The van der Waals surface area contributed by atoms with Crippen molar-refractivity contribution in [1.82, 2.24) is 0 Å². The first-order valence-electron chi connectivity index (χ1n) is 6.77. The topological polar surface area (TPSA) is 63.6 Å². The molecule has 0 aliphatic heterocycles. The second kappa shape index (κ2) is 8.11. The number of carbonyl (C=O) groups excluding carboxylic acids is 1. The zero-order chi connectivity index (χ0) is 14.2. The molecule has 0 spiro atoms. The van der Waals surface area contributed by atoms with Crippen LogP contribution >= 0.6 is 0 Å². The molecule has 1 N–H and O–H groups in total. The number of carboxylic acids is 1. The van der Waals surface area contributed by atoms with E-state index in [2.05, 4.69) is 0 Å². The highest BCUT2D eigenvalue weighted by Crippen LogP contribution is 2.34. The Kier molecular flexibility index (Phi) is 7.64. The molecular formula is C14H26O4. The number of ether oxygens (including phenoxy) is 1. The van der Waals surface area contributed by atoms with Gasteiger partial charge in [0, 0.05) is 0 Å². The fraction of sp³-hybridized carbons (Fsp3) is 0.857. The minimum absolute atomic E-state index is 0.138. The Bertz CT molecular complexity index is 273. The van der Waals surface area contributed by atoms with Gasteiger partial charge in [0.1, 0.15) is 0 Å². The van der Waals surface area contributed by atoms with E-state index in [1.165, 1.54) is 0 Å². The lowest BCUT2D eigenvalue weighted by Crippen LogP contribution is -2.35. The number of esters is 1. The number of unbranched alkanes of at least 4 members (excludes halogenated alkanes) is 1. The van der Waals surface area contributed by atoms with E-state index in [4.69, 9.17) is 9.84 Å². The minimum Gasteiger partial charge on any atom is -0.481 e. The standard InChI is InChI=1S/C14H26O4/c1-5-7-8-14(6-2,9-12(15)16)13(17)18-10-11(3)4/h11H,5-10H2,1-4H3,(H,15,16). The Morgan fingerprint density at radius 3 is 2.28 bits per heavy atom. The molecule has 4 nitrogen and oxygen atoms in total. The van der Waals surface area contributed by atoms with Crippen molar-refractivity contribution < 1.29 is 19.4 Å². The molecule has 0 aromatic rings. The first kappa shape index (κ1) is 16.9. The maximum atomic E-state index is 12.2. The second-order valence-corrected chi connectivity index (χ2v) is 5.30. The van der Waals surface area contributed by atoms with Crippen LogP contribution in [0.25, 0.3) is 0 Å². The molecule has 0 aliphatic rings. The molecule has 0 aliphatic carbocycles.